The van der Waals surface area contributed by atoms with Crippen LogP contribution < -0.4 is 5.32 Å². The fourth-order valence-corrected chi connectivity index (χ4v) is 1.82. The molecule has 2 aromatic carbocycles. The lowest BCUT2D eigenvalue weighted by Gasteiger charge is -2.02. The van der Waals surface area contributed by atoms with Crippen molar-refractivity contribution >= 4 is 11.6 Å². The summed E-state index contributed by atoms with van der Waals surface area (Å²) in [6.45, 7) is 0. The number of carbonyl (C=O) groups is 1. The molecule has 0 saturated heterocycles. The molecule has 5 nitrogen and oxygen atoms in total. The molecule has 0 aliphatic carbocycles. The number of benzene rings is 2. The second-order valence-electron chi connectivity index (χ2n) is 4.48. The molecule has 1 heterocycles. The van der Waals surface area contributed by atoms with Crippen LogP contribution >= 0.6 is 0 Å². The van der Waals surface area contributed by atoms with Gasteiger partial charge in [0.05, 0.1) is 5.56 Å². The highest BCUT2D eigenvalue weighted by Crippen LogP contribution is 2.21. The zero-order valence-corrected chi connectivity index (χ0v) is 11.4. The fourth-order valence-electron chi connectivity index (χ4n) is 1.82. The Hall–Kier alpha value is -3.16. The molecule has 1 amide bonds. The number of nitrogens with one attached hydrogen (secondary N) is 1. The number of halogens is 3. The minimum atomic E-state index is -1.11. The third kappa shape index (κ3) is 3.05. The molecule has 0 unspecified atom stereocenters. The molecule has 3 aromatic rings. The highest BCUT2D eigenvalue weighted by Gasteiger charge is 2.18. The Bertz CT molecular complexity index is 880. The zero-order chi connectivity index (χ0) is 16.4. The number of carbonyl (C=O) groups excluding carboxylic acids is 1. The van der Waals surface area contributed by atoms with Crippen LogP contribution in [0.25, 0.3) is 11.5 Å². The zero-order valence-electron chi connectivity index (χ0n) is 11.4. The molecule has 8 heteroatoms. The Kier molecular flexibility index (Phi) is 3.80. The van der Waals surface area contributed by atoms with Crippen molar-refractivity contribution in [1.82, 2.24) is 10.2 Å². The number of hydrogen-bond acceptors (Lipinski definition) is 4. The first kappa shape index (κ1) is 14.8. The van der Waals surface area contributed by atoms with Crippen molar-refractivity contribution in [2.75, 3.05) is 5.32 Å². The fraction of sp³-hybridized carbons (Fsp3) is 0. The summed E-state index contributed by atoms with van der Waals surface area (Å²) in [5.74, 6) is -4.16. The molecule has 3 rings (SSSR count). The van der Waals surface area contributed by atoms with Gasteiger partial charge in [-0.2, -0.15) is 0 Å². The first-order valence-electron chi connectivity index (χ1n) is 6.39. The van der Waals surface area contributed by atoms with Crippen molar-refractivity contribution in [1.29, 1.82) is 0 Å². The maximum absolute atomic E-state index is 13.6. The molecule has 0 atom stereocenters. The molecule has 0 fully saturated rings. The third-order valence-electron chi connectivity index (χ3n) is 2.90. The molecule has 0 radical (unpaired) electrons. The maximum Gasteiger partial charge on any atom is 0.313 e. The van der Waals surface area contributed by atoms with Crippen LogP contribution in [0.2, 0.25) is 0 Å². The highest BCUT2D eigenvalue weighted by atomic mass is 19.2. The number of anilines is 1. The lowest BCUT2D eigenvalue weighted by atomic mass is 10.2. The number of rotatable bonds is 3. The Labute approximate surface area is 127 Å². The Morgan fingerprint density at radius 1 is 0.957 bits per heavy atom. The summed E-state index contributed by atoms with van der Waals surface area (Å²) < 4.78 is 44.6. The van der Waals surface area contributed by atoms with E-state index < -0.39 is 29.2 Å². The van der Waals surface area contributed by atoms with E-state index in [1.165, 1.54) is 24.3 Å². The molecule has 1 N–H and O–H groups in total. The van der Waals surface area contributed by atoms with Crippen LogP contribution in [0.5, 0.6) is 0 Å². The van der Waals surface area contributed by atoms with Gasteiger partial charge in [0.2, 0.25) is 0 Å². The van der Waals surface area contributed by atoms with Crippen LogP contribution in [-0.4, -0.2) is 16.1 Å². The van der Waals surface area contributed by atoms with Crippen molar-refractivity contribution in [2.45, 2.75) is 0 Å². The largest absolute Gasteiger partial charge is 0.412 e. The third-order valence-corrected chi connectivity index (χ3v) is 2.90. The first-order valence-corrected chi connectivity index (χ1v) is 6.39. The first-order chi connectivity index (χ1) is 11.0. The molecule has 0 spiro atoms. The molecular weight excluding hydrogens is 311 g/mol. The van der Waals surface area contributed by atoms with Gasteiger partial charge < -0.3 is 9.73 Å². The highest BCUT2D eigenvalue weighted by molar-refractivity contribution is 6.00. The molecule has 23 heavy (non-hydrogen) atoms. The molecule has 0 aliphatic heterocycles. The summed E-state index contributed by atoms with van der Waals surface area (Å²) in [5, 5.41) is 9.37. The normalized spacial score (nSPS) is 10.6. The van der Waals surface area contributed by atoms with E-state index in [0.29, 0.717) is 0 Å². The summed E-state index contributed by atoms with van der Waals surface area (Å²) in [6, 6.07) is 8.53. The van der Waals surface area contributed by atoms with Gasteiger partial charge in [-0.05, 0) is 24.3 Å². The van der Waals surface area contributed by atoms with Crippen molar-refractivity contribution < 1.29 is 22.4 Å². The summed E-state index contributed by atoms with van der Waals surface area (Å²) in [5.41, 5.74) is 0.0615. The standard InChI is InChI=1S/C15H8F3N3O2/c16-10-4-2-1-3-9(10)14-20-21-15(23-14)13(22)19-8-5-6-11(17)12(18)7-8/h1-7H,(H,19,22). The van der Waals surface area contributed by atoms with Gasteiger partial charge in [0.15, 0.2) is 11.6 Å². The van der Waals surface area contributed by atoms with E-state index in [1.54, 1.807) is 6.07 Å². The van der Waals surface area contributed by atoms with Crippen molar-refractivity contribution in [3.8, 4) is 11.5 Å². The molecule has 0 saturated carbocycles. The number of hydrogen-bond donors (Lipinski definition) is 1. The van der Waals surface area contributed by atoms with Crippen LogP contribution in [-0.2, 0) is 0 Å². The Balaban J connectivity index is 1.81. The van der Waals surface area contributed by atoms with Crippen molar-refractivity contribution in [3.05, 3.63) is 65.8 Å². The van der Waals surface area contributed by atoms with Gasteiger partial charge >= 0.3 is 11.8 Å². The second kappa shape index (κ2) is 5.91. The van der Waals surface area contributed by atoms with Crippen molar-refractivity contribution in [2.24, 2.45) is 0 Å². The minimum Gasteiger partial charge on any atom is -0.412 e. The van der Waals surface area contributed by atoms with Crippen LogP contribution in [0.15, 0.2) is 46.9 Å². The molecular formula is C15H8F3N3O2. The summed E-state index contributed by atoms with van der Waals surface area (Å²) >= 11 is 0. The minimum absolute atomic E-state index is 0.0135. The van der Waals surface area contributed by atoms with Crippen LogP contribution in [0.3, 0.4) is 0 Å². The number of nitrogens with zero attached hydrogens (tertiary/aromatic N) is 2. The van der Waals surface area contributed by atoms with Gasteiger partial charge in [-0.3, -0.25) is 4.79 Å². The summed E-state index contributed by atoms with van der Waals surface area (Å²) in [6.07, 6.45) is 0. The van der Waals surface area contributed by atoms with Crippen molar-refractivity contribution in [3.63, 3.8) is 0 Å². The summed E-state index contributed by atoms with van der Waals surface area (Å²) in [4.78, 5) is 11.9. The van der Waals surface area contributed by atoms with Gasteiger partial charge in [-0.25, -0.2) is 13.2 Å². The van der Waals surface area contributed by atoms with Gasteiger partial charge in [-0.1, -0.05) is 12.1 Å². The smallest absolute Gasteiger partial charge is 0.313 e. The predicted octanol–water partition coefficient (Wildman–Crippen LogP) is 3.41. The average Bonchev–Trinajstić information content (AvgIpc) is 3.01. The molecule has 0 bridgehead atoms. The average molecular weight is 319 g/mol. The van der Waals surface area contributed by atoms with Crippen LogP contribution in [0.4, 0.5) is 18.9 Å². The molecule has 1 aromatic heterocycles. The van der Waals surface area contributed by atoms with Gasteiger partial charge in [0.25, 0.3) is 5.89 Å². The topological polar surface area (TPSA) is 68.0 Å². The molecule has 116 valence electrons. The Morgan fingerprint density at radius 3 is 2.48 bits per heavy atom. The van der Waals surface area contributed by atoms with Crippen LogP contribution in [0.1, 0.15) is 10.7 Å². The van der Waals surface area contributed by atoms with Gasteiger partial charge in [0, 0.05) is 11.8 Å². The lowest BCUT2D eigenvalue weighted by Crippen LogP contribution is -2.12. The summed E-state index contributed by atoms with van der Waals surface area (Å²) in [7, 11) is 0. The van der Waals surface area contributed by atoms with E-state index in [0.717, 1.165) is 12.1 Å². The quantitative estimate of drug-likeness (QED) is 0.803. The lowest BCUT2D eigenvalue weighted by molar-refractivity contribution is 0.0990. The van der Waals surface area contributed by atoms with Gasteiger partial charge in [-0.15, -0.1) is 10.2 Å². The SMILES string of the molecule is O=C(Nc1ccc(F)c(F)c1)c1nnc(-c2ccccc2F)o1. The number of aromatic nitrogens is 2. The monoisotopic (exact) mass is 319 g/mol. The molecule has 0 aliphatic rings. The maximum atomic E-state index is 13.6. The number of amides is 1. The van der Waals surface area contributed by atoms with Gasteiger partial charge in [0.1, 0.15) is 5.82 Å². The second-order valence-corrected chi connectivity index (χ2v) is 4.48. The van der Waals surface area contributed by atoms with E-state index in [9.17, 15) is 18.0 Å². The van der Waals surface area contributed by atoms with E-state index in [2.05, 4.69) is 15.5 Å². The van der Waals surface area contributed by atoms with Crippen LogP contribution in [0, 0.1) is 17.5 Å². The van der Waals surface area contributed by atoms with E-state index >= 15 is 0 Å². The van der Waals surface area contributed by atoms with E-state index in [-0.39, 0.29) is 17.1 Å². The Morgan fingerprint density at radius 2 is 1.74 bits per heavy atom. The van der Waals surface area contributed by atoms with E-state index in [1.807, 2.05) is 0 Å². The predicted molar refractivity (Wildman–Crippen MR) is 74.0 cm³/mol. The van der Waals surface area contributed by atoms with E-state index in [4.69, 9.17) is 4.42 Å².